The number of hydrogen-bond acceptors (Lipinski definition) is 4. The number of carbonyl (C=O) groups excluding carboxylic acids is 1. The molecule has 1 saturated heterocycles. The van der Waals surface area contributed by atoms with Crippen molar-refractivity contribution in [2.75, 3.05) is 33.3 Å². The molecule has 7 heteroatoms. The average Bonchev–Trinajstić information content (AvgIpc) is 3.03. The third-order valence-electron chi connectivity index (χ3n) is 5.24. The van der Waals surface area contributed by atoms with Gasteiger partial charge in [0, 0.05) is 33.2 Å². The molecule has 1 aliphatic rings. The molecular formula is C21H31N5O2. The normalized spacial score (nSPS) is 17.8. The summed E-state index contributed by atoms with van der Waals surface area (Å²) in [4.78, 5) is 23.3. The van der Waals surface area contributed by atoms with Gasteiger partial charge in [-0.25, -0.2) is 4.98 Å². The van der Waals surface area contributed by atoms with Crippen molar-refractivity contribution < 1.29 is 9.53 Å². The van der Waals surface area contributed by atoms with Crippen molar-refractivity contribution in [3.8, 4) is 0 Å². The van der Waals surface area contributed by atoms with Crippen LogP contribution < -0.4 is 5.32 Å². The summed E-state index contributed by atoms with van der Waals surface area (Å²) in [6.45, 7) is 7.65. The molecule has 1 atom stereocenters. The molecule has 0 saturated carbocycles. The molecule has 0 aliphatic carbocycles. The van der Waals surface area contributed by atoms with Gasteiger partial charge >= 0.3 is 5.97 Å². The van der Waals surface area contributed by atoms with Crippen LogP contribution in [0.25, 0.3) is 11.0 Å². The molecule has 152 valence electrons. The number of carbonyl (C=O) groups is 1. The van der Waals surface area contributed by atoms with E-state index in [1.807, 2.05) is 13.0 Å². The lowest BCUT2D eigenvalue weighted by atomic mass is 9.98. The molecule has 3 rings (SSSR count). The van der Waals surface area contributed by atoms with Crippen LogP contribution in [-0.2, 0) is 16.1 Å². The number of imidazole rings is 1. The van der Waals surface area contributed by atoms with Crippen LogP contribution in [0.2, 0.25) is 0 Å². The fraction of sp³-hybridized carbons (Fsp3) is 0.571. The molecule has 0 radical (unpaired) electrons. The first-order chi connectivity index (χ1) is 13.6. The van der Waals surface area contributed by atoms with E-state index in [1.165, 1.54) is 5.52 Å². The summed E-state index contributed by atoms with van der Waals surface area (Å²) in [6, 6.07) is 8.24. The number of guanidine groups is 1. The molecule has 7 nitrogen and oxygen atoms in total. The van der Waals surface area contributed by atoms with Crippen molar-refractivity contribution in [3.05, 3.63) is 30.1 Å². The number of aromatic nitrogens is 2. The summed E-state index contributed by atoms with van der Waals surface area (Å²) in [5, 5.41) is 3.45. The summed E-state index contributed by atoms with van der Waals surface area (Å²) in [5.74, 6) is 1.75. The zero-order chi connectivity index (χ0) is 19.9. The van der Waals surface area contributed by atoms with E-state index in [2.05, 4.69) is 49.9 Å². The Balaban J connectivity index is 1.51. The molecule has 1 aromatic carbocycles. The number of hydrogen-bond donors (Lipinski definition) is 1. The summed E-state index contributed by atoms with van der Waals surface area (Å²) in [5.41, 5.74) is 2.22. The van der Waals surface area contributed by atoms with Crippen molar-refractivity contribution in [3.63, 3.8) is 0 Å². The van der Waals surface area contributed by atoms with Crippen LogP contribution in [0.3, 0.4) is 0 Å². The van der Waals surface area contributed by atoms with Crippen LogP contribution in [0.15, 0.2) is 29.3 Å². The predicted octanol–water partition coefficient (Wildman–Crippen LogP) is 2.59. The van der Waals surface area contributed by atoms with E-state index < -0.39 is 0 Å². The maximum atomic E-state index is 12.1. The molecule has 1 N–H and O–H groups in total. The van der Waals surface area contributed by atoms with Gasteiger partial charge in [0.1, 0.15) is 5.82 Å². The highest BCUT2D eigenvalue weighted by molar-refractivity contribution is 5.81. The Bertz CT molecular complexity index is 829. The van der Waals surface area contributed by atoms with E-state index >= 15 is 0 Å². The molecule has 28 heavy (non-hydrogen) atoms. The second kappa shape index (κ2) is 9.57. The molecule has 1 fully saturated rings. The molecule has 1 aliphatic heterocycles. The number of esters is 1. The van der Waals surface area contributed by atoms with E-state index in [1.54, 1.807) is 7.05 Å². The van der Waals surface area contributed by atoms with Crippen LogP contribution in [0.1, 0.15) is 32.0 Å². The number of aliphatic imine (C=N–C) groups is 1. The van der Waals surface area contributed by atoms with E-state index in [0.717, 1.165) is 56.2 Å². The summed E-state index contributed by atoms with van der Waals surface area (Å²) < 4.78 is 7.46. The molecule has 1 unspecified atom stereocenters. The number of nitrogens with zero attached hydrogens (tertiary/aromatic N) is 4. The highest BCUT2D eigenvalue weighted by Crippen LogP contribution is 2.18. The lowest BCUT2D eigenvalue weighted by Crippen LogP contribution is -2.48. The lowest BCUT2D eigenvalue weighted by molar-refractivity contribution is -0.149. The number of rotatable bonds is 6. The van der Waals surface area contributed by atoms with Crippen LogP contribution >= 0.6 is 0 Å². The van der Waals surface area contributed by atoms with Gasteiger partial charge in [0.2, 0.25) is 0 Å². The average molecular weight is 386 g/mol. The first-order valence-corrected chi connectivity index (χ1v) is 10.2. The fourth-order valence-electron chi connectivity index (χ4n) is 3.87. The minimum Gasteiger partial charge on any atom is -0.466 e. The van der Waals surface area contributed by atoms with Gasteiger partial charge in [0.25, 0.3) is 0 Å². The number of aryl methyl sites for hydroxylation is 2. The topological polar surface area (TPSA) is 71.8 Å². The Morgan fingerprint density at radius 1 is 1.39 bits per heavy atom. The van der Waals surface area contributed by atoms with Crippen molar-refractivity contribution >= 4 is 23.0 Å². The number of fused-ring (bicyclic) bond motifs is 1. The van der Waals surface area contributed by atoms with Gasteiger partial charge in [-0.2, -0.15) is 0 Å². The third kappa shape index (κ3) is 4.64. The van der Waals surface area contributed by atoms with E-state index in [-0.39, 0.29) is 11.9 Å². The van der Waals surface area contributed by atoms with Crippen LogP contribution in [-0.4, -0.2) is 59.7 Å². The molecule has 0 spiro atoms. The molecule has 0 bridgehead atoms. The molecule has 2 aromatic rings. The molecule has 0 amide bonds. The predicted molar refractivity (Wildman–Crippen MR) is 111 cm³/mol. The minimum absolute atomic E-state index is 0.0628. The van der Waals surface area contributed by atoms with Gasteiger partial charge in [0.15, 0.2) is 5.96 Å². The number of ether oxygens (including phenoxy) is 1. The summed E-state index contributed by atoms with van der Waals surface area (Å²) in [7, 11) is 1.80. The minimum atomic E-state index is -0.0925. The highest BCUT2D eigenvalue weighted by Gasteiger charge is 2.28. The molecule has 2 heterocycles. The van der Waals surface area contributed by atoms with Crippen molar-refractivity contribution in [1.82, 2.24) is 19.8 Å². The zero-order valence-electron chi connectivity index (χ0n) is 17.1. The smallest absolute Gasteiger partial charge is 0.310 e. The highest BCUT2D eigenvalue weighted by atomic mass is 16.5. The van der Waals surface area contributed by atoms with Gasteiger partial charge < -0.3 is 19.5 Å². The number of nitrogens with one attached hydrogen (secondary N) is 1. The Labute approximate surface area is 166 Å². The van der Waals surface area contributed by atoms with Gasteiger partial charge in [-0.15, -0.1) is 0 Å². The number of benzene rings is 1. The maximum Gasteiger partial charge on any atom is 0.310 e. The quantitative estimate of drug-likeness (QED) is 0.358. The SMILES string of the molecule is CCOC(=O)C1CCCN(C(=NC)NCCCn2c(C)nc3ccccc32)C1. The monoisotopic (exact) mass is 385 g/mol. The Morgan fingerprint density at radius 3 is 3.00 bits per heavy atom. The van der Waals surface area contributed by atoms with Crippen molar-refractivity contribution in [2.45, 2.75) is 39.7 Å². The Kier molecular flexibility index (Phi) is 6.90. The Morgan fingerprint density at radius 2 is 2.21 bits per heavy atom. The van der Waals surface area contributed by atoms with Crippen LogP contribution in [0, 0.1) is 12.8 Å². The Hall–Kier alpha value is -2.57. The number of para-hydroxylation sites is 2. The third-order valence-corrected chi connectivity index (χ3v) is 5.24. The van der Waals surface area contributed by atoms with Crippen LogP contribution in [0.4, 0.5) is 0 Å². The number of piperidine rings is 1. The second-order valence-electron chi connectivity index (χ2n) is 7.16. The largest absolute Gasteiger partial charge is 0.466 e. The van der Waals surface area contributed by atoms with Gasteiger partial charge in [-0.3, -0.25) is 9.79 Å². The first kappa shape index (κ1) is 20.2. The molecule has 1 aromatic heterocycles. The number of likely N-dealkylation sites (tertiary alicyclic amines) is 1. The summed E-state index contributed by atoms with van der Waals surface area (Å²) >= 11 is 0. The summed E-state index contributed by atoms with van der Waals surface area (Å²) in [6.07, 6.45) is 2.83. The standard InChI is InChI=1S/C21H31N5O2/c1-4-28-20(27)17-9-7-13-25(15-17)21(22-3)23-12-8-14-26-16(2)24-18-10-5-6-11-19(18)26/h5-6,10-11,17H,4,7-9,12-15H2,1-3H3,(H,22,23). The zero-order valence-corrected chi connectivity index (χ0v) is 17.1. The van der Waals surface area contributed by atoms with E-state index in [4.69, 9.17) is 4.74 Å². The molecular weight excluding hydrogens is 354 g/mol. The van der Waals surface area contributed by atoms with Crippen molar-refractivity contribution in [1.29, 1.82) is 0 Å². The van der Waals surface area contributed by atoms with Crippen molar-refractivity contribution in [2.24, 2.45) is 10.9 Å². The van der Waals surface area contributed by atoms with Gasteiger partial charge in [0.05, 0.1) is 23.6 Å². The second-order valence-corrected chi connectivity index (χ2v) is 7.16. The lowest BCUT2D eigenvalue weighted by Gasteiger charge is -2.34. The van der Waals surface area contributed by atoms with E-state index in [0.29, 0.717) is 13.2 Å². The van der Waals surface area contributed by atoms with Gasteiger partial charge in [-0.05, 0) is 45.2 Å². The van der Waals surface area contributed by atoms with E-state index in [9.17, 15) is 4.79 Å². The van der Waals surface area contributed by atoms with Gasteiger partial charge in [-0.1, -0.05) is 12.1 Å². The maximum absolute atomic E-state index is 12.1. The van der Waals surface area contributed by atoms with Crippen LogP contribution in [0.5, 0.6) is 0 Å². The fourth-order valence-corrected chi connectivity index (χ4v) is 3.87. The first-order valence-electron chi connectivity index (χ1n) is 10.2.